The largest absolute Gasteiger partial charge is 0.459 e. The molecule has 0 aliphatic carbocycles. The van der Waals surface area contributed by atoms with E-state index in [1.54, 1.807) is 86.9 Å². The van der Waals surface area contributed by atoms with Crippen LogP contribution in [0, 0.1) is 16.0 Å². The maximum Gasteiger partial charge on any atom is 0.408 e. The average molecular weight is 784 g/mol. The third kappa shape index (κ3) is 19.7. The SMILES string of the molecule is CC(C)C[C@H](NC(=O)OC(C)(C)C)C(=O)N[C@@H](Cc1ccccc1)C(=O)NCC(=O)NCC(=O)N[C@@H](CCCN=C(N)N[N+](=O)[O-])C(=O)OCc1ccccc1. The number of carbonyl (C=O) groups excluding carboxylic acids is 6. The van der Waals surface area contributed by atoms with Crippen LogP contribution < -0.4 is 37.7 Å². The number of amides is 5. The molecule has 0 spiro atoms. The first-order valence-corrected chi connectivity index (χ1v) is 18.0. The first-order valence-electron chi connectivity index (χ1n) is 18.0. The summed E-state index contributed by atoms with van der Waals surface area (Å²) in [5.74, 6) is -4.00. The molecule has 5 amide bonds. The van der Waals surface area contributed by atoms with E-state index in [1.807, 2.05) is 13.8 Å². The quantitative estimate of drug-likeness (QED) is 0.0233. The molecule has 2 rings (SSSR count). The zero-order valence-corrected chi connectivity index (χ0v) is 32.3. The third-order valence-electron chi connectivity index (χ3n) is 7.48. The van der Waals surface area contributed by atoms with Gasteiger partial charge in [0.2, 0.25) is 23.6 Å². The molecule has 19 heteroatoms. The fourth-order valence-corrected chi connectivity index (χ4v) is 4.96. The van der Waals surface area contributed by atoms with Gasteiger partial charge in [0.25, 0.3) is 5.96 Å². The predicted octanol–water partition coefficient (Wildman–Crippen LogP) is 0.990. The minimum absolute atomic E-state index is 0.00284. The van der Waals surface area contributed by atoms with Gasteiger partial charge < -0.3 is 41.8 Å². The van der Waals surface area contributed by atoms with Crippen molar-refractivity contribution in [2.24, 2.45) is 16.6 Å². The molecule has 0 heterocycles. The lowest BCUT2D eigenvalue weighted by Gasteiger charge is -2.26. The molecule has 2 aromatic rings. The van der Waals surface area contributed by atoms with Gasteiger partial charge in [-0.25, -0.2) is 24.7 Å². The van der Waals surface area contributed by atoms with Crippen LogP contribution in [0.5, 0.6) is 0 Å². The molecule has 0 unspecified atom stereocenters. The number of nitrogens with one attached hydrogen (secondary N) is 6. The van der Waals surface area contributed by atoms with Crippen molar-refractivity contribution in [1.82, 2.24) is 32.0 Å². The first-order chi connectivity index (χ1) is 26.4. The molecule has 0 saturated carbocycles. The highest BCUT2D eigenvalue weighted by Crippen LogP contribution is 2.11. The van der Waals surface area contributed by atoms with Crippen LogP contribution >= 0.6 is 0 Å². The molecule has 0 fully saturated rings. The highest BCUT2D eigenvalue weighted by atomic mass is 16.7. The van der Waals surface area contributed by atoms with Crippen molar-refractivity contribution in [1.29, 1.82) is 0 Å². The maximum atomic E-state index is 13.4. The Hall–Kier alpha value is -6.27. The predicted molar refractivity (Wildman–Crippen MR) is 205 cm³/mol. The number of hydrazine groups is 1. The lowest BCUT2D eigenvalue weighted by atomic mass is 10.0. The van der Waals surface area contributed by atoms with Crippen molar-refractivity contribution in [2.75, 3.05) is 19.6 Å². The number of esters is 1. The zero-order valence-electron chi connectivity index (χ0n) is 32.3. The molecule has 0 aliphatic heterocycles. The van der Waals surface area contributed by atoms with Crippen LogP contribution in [0.15, 0.2) is 65.7 Å². The number of carbonyl (C=O) groups is 6. The number of ether oxygens (including phenoxy) is 2. The van der Waals surface area contributed by atoms with Crippen molar-refractivity contribution < 1.29 is 43.3 Å². The van der Waals surface area contributed by atoms with E-state index in [9.17, 15) is 38.9 Å². The Morgan fingerprint density at radius 2 is 1.41 bits per heavy atom. The summed E-state index contributed by atoms with van der Waals surface area (Å²) in [5, 5.41) is 22.3. The van der Waals surface area contributed by atoms with Crippen LogP contribution in [0.4, 0.5) is 4.79 Å². The Balaban J connectivity index is 2.03. The van der Waals surface area contributed by atoms with Crippen molar-refractivity contribution in [3.8, 4) is 0 Å². The van der Waals surface area contributed by atoms with Gasteiger partial charge in [-0.2, -0.15) is 0 Å². The molecular weight excluding hydrogens is 730 g/mol. The van der Waals surface area contributed by atoms with Crippen LogP contribution in [0.2, 0.25) is 0 Å². The van der Waals surface area contributed by atoms with E-state index in [2.05, 4.69) is 31.6 Å². The van der Waals surface area contributed by atoms with E-state index >= 15 is 0 Å². The van der Waals surface area contributed by atoms with Crippen molar-refractivity contribution in [2.45, 2.75) is 90.6 Å². The number of hydrogen-bond donors (Lipinski definition) is 7. The fraction of sp³-hybridized carbons (Fsp3) is 0.486. The molecule has 0 aromatic heterocycles. The molecule has 0 radical (unpaired) electrons. The monoisotopic (exact) mass is 783 g/mol. The van der Waals surface area contributed by atoms with Gasteiger partial charge >= 0.3 is 12.1 Å². The summed E-state index contributed by atoms with van der Waals surface area (Å²) in [7, 11) is 0. The Labute approximate surface area is 325 Å². The van der Waals surface area contributed by atoms with E-state index < -0.39 is 83.5 Å². The first kappa shape index (κ1) is 45.9. The van der Waals surface area contributed by atoms with Crippen molar-refractivity contribution in [3.05, 3.63) is 81.9 Å². The molecule has 0 saturated heterocycles. The topological polar surface area (TPSA) is 275 Å². The number of benzene rings is 2. The van der Waals surface area contributed by atoms with Crippen molar-refractivity contribution in [3.63, 3.8) is 0 Å². The van der Waals surface area contributed by atoms with Gasteiger partial charge in [-0.15, -0.1) is 0 Å². The zero-order chi connectivity index (χ0) is 41.7. The lowest BCUT2D eigenvalue weighted by molar-refractivity contribution is -0.525. The van der Waals surface area contributed by atoms with Gasteiger partial charge in [-0.1, -0.05) is 79.9 Å². The number of nitrogens with zero attached hydrogens (tertiary/aromatic N) is 2. The van der Waals surface area contributed by atoms with Gasteiger partial charge in [0.15, 0.2) is 5.03 Å². The summed E-state index contributed by atoms with van der Waals surface area (Å²) in [6.07, 6.45) is -0.265. The van der Waals surface area contributed by atoms with Gasteiger partial charge in [0, 0.05) is 13.0 Å². The second kappa shape index (κ2) is 23.5. The smallest absolute Gasteiger partial charge is 0.408 e. The maximum absolute atomic E-state index is 13.4. The summed E-state index contributed by atoms with van der Waals surface area (Å²) in [6.45, 7) is 7.62. The van der Waals surface area contributed by atoms with E-state index in [-0.39, 0.29) is 44.8 Å². The van der Waals surface area contributed by atoms with E-state index in [0.717, 1.165) is 5.56 Å². The van der Waals surface area contributed by atoms with Crippen molar-refractivity contribution >= 4 is 41.7 Å². The summed E-state index contributed by atoms with van der Waals surface area (Å²) < 4.78 is 10.7. The Morgan fingerprint density at radius 3 is 2.00 bits per heavy atom. The number of aliphatic imine (C=N–C) groups is 1. The molecule has 3 atom stereocenters. The molecular formula is C37H53N9O10. The lowest BCUT2D eigenvalue weighted by Crippen LogP contribution is -2.56. The average Bonchev–Trinajstić information content (AvgIpc) is 3.12. The molecule has 0 aliphatic rings. The fourth-order valence-electron chi connectivity index (χ4n) is 4.96. The van der Waals surface area contributed by atoms with E-state index in [0.29, 0.717) is 5.56 Å². The van der Waals surface area contributed by atoms with Gasteiger partial charge in [0.1, 0.15) is 30.3 Å². The molecule has 8 N–H and O–H groups in total. The van der Waals surface area contributed by atoms with Crippen LogP contribution in [0.1, 0.15) is 65.0 Å². The minimum atomic E-state index is -1.16. The molecule has 0 bridgehead atoms. The Morgan fingerprint density at radius 1 is 0.804 bits per heavy atom. The van der Waals surface area contributed by atoms with E-state index in [4.69, 9.17) is 15.2 Å². The minimum Gasteiger partial charge on any atom is -0.459 e. The third-order valence-corrected chi connectivity index (χ3v) is 7.48. The van der Waals surface area contributed by atoms with Gasteiger partial charge in [-0.3, -0.25) is 19.2 Å². The van der Waals surface area contributed by atoms with Crippen LogP contribution in [-0.4, -0.2) is 90.0 Å². The number of alkyl carbamates (subject to hydrolysis) is 1. The standard InChI is InChI=1S/C37H53N9O10/c1-24(2)19-28(44-36(52)56-37(3,4)5)33(50)43-29(20-25-13-8-6-9-14-25)32(49)41-21-30(47)40-22-31(48)42-27(17-12-18-39-35(38)45-46(53)54)34(51)55-23-26-15-10-7-11-16-26/h6-11,13-16,24,27-29H,12,17-23H2,1-5H3,(H,40,47)(H,41,49)(H,42,48)(H,43,50)(H,44,52)(H3,38,39,45)/t27-,28-,29-/m0/s1. The summed E-state index contributed by atoms with van der Waals surface area (Å²) in [4.78, 5) is 92.1. The second-order valence-electron chi connectivity index (χ2n) is 14.1. The number of nitrogens with two attached hydrogens (primary N) is 1. The van der Waals surface area contributed by atoms with E-state index in [1.165, 1.54) is 0 Å². The number of hydrogen-bond acceptors (Lipinski definition) is 11. The Bertz CT molecular complexity index is 1650. The van der Waals surface area contributed by atoms with Gasteiger partial charge in [0.05, 0.1) is 13.1 Å². The second-order valence-corrected chi connectivity index (χ2v) is 14.1. The number of guanidine groups is 1. The normalized spacial score (nSPS) is 12.9. The number of rotatable bonds is 21. The molecule has 56 heavy (non-hydrogen) atoms. The number of nitro groups is 1. The molecule has 2 aromatic carbocycles. The van der Waals surface area contributed by atoms with Gasteiger partial charge in [-0.05, 0) is 57.1 Å². The van der Waals surface area contributed by atoms with Crippen LogP contribution in [-0.2, 0) is 46.5 Å². The highest BCUT2D eigenvalue weighted by molar-refractivity contribution is 5.94. The Kier molecular flexibility index (Phi) is 19.3. The molecule has 306 valence electrons. The molecule has 19 nitrogen and oxygen atoms in total. The summed E-state index contributed by atoms with van der Waals surface area (Å²) in [5.41, 5.74) is 7.75. The summed E-state index contributed by atoms with van der Waals surface area (Å²) in [6, 6.07) is 14.4. The van der Waals surface area contributed by atoms with Crippen LogP contribution in [0.25, 0.3) is 0 Å². The highest BCUT2D eigenvalue weighted by Gasteiger charge is 2.30. The van der Waals surface area contributed by atoms with Crippen LogP contribution in [0.3, 0.4) is 0 Å². The summed E-state index contributed by atoms with van der Waals surface area (Å²) >= 11 is 0.